The Balaban J connectivity index is 2.18. The molecule has 0 unspecified atom stereocenters. The zero-order valence-corrected chi connectivity index (χ0v) is 27.4. The van der Waals surface area contributed by atoms with Gasteiger partial charge < -0.3 is 0 Å². The molecule has 0 radical (unpaired) electrons. The Morgan fingerprint density at radius 3 is 1.73 bits per heavy atom. The summed E-state index contributed by atoms with van der Waals surface area (Å²) in [7, 11) is 1.42. The normalized spacial score (nSPS) is 33.7. The molecular formula is C29H52O7Sn. The van der Waals surface area contributed by atoms with E-state index in [9.17, 15) is 9.90 Å². The molecule has 7 nitrogen and oxygen atoms in total. The molecule has 3 fully saturated rings. The number of hydrogen-bond donors (Lipinski definition) is 1. The first-order chi connectivity index (χ1) is 17.4. The van der Waals surface area contributed by atoms with E-state index in [0.717, 1.165) is 5.57 Å². The summed E-state index contributed by atoms with van der Waals surface area (Å²) >= 11 is -2.90. The molecule has 6 atom stereocenters. The Bertz CT molecular complexity index is 773. The first-order valence-corrected chi connectivity index (χ1v) is 22.3. The van der Waals surface area contributed by atoms with Crippen LogP contribution in [0, 0.1) is 5.92 Å². The van der Waals surface area contributed by atoms with Crippen molar-refractivity contribution in [2.24, 2.45) is 5.92 Å². The predicted molar refractivity (Wildman–Crippen MR) is 147 cm³/mol. The summed E-state index contributed by atoms with van der Waals surface area (Å²) in [5.41, 5.74) is 0.912. The molecular weight excluding hydrogens is 579 g/mol. The van der Waals surface area contributed by atoms with Crippen LogP contribution in [0.4, 0.5) is 0 Å². The fraction of sp³-hybridized carbons (Fsp3) is 0.897. The molecule has 0 aromatic rings. The average Bonchev–Trinajstić information content (AvgIpc) is 3.33. The third-order valence-corrected chi connectivity index (χ3v) is 22.6. The zero-order valence-electron chi connectivity index (χ0n) is 24.5. The summed E-state index contributed by atoms with van der Waals surface area (Å²) in [6, 6.07) is 0. The molecule has 2 saturated heterocycles. The number of hydrogen-bond acceptors (Lipinski definition) is 7. The van der Waals surface area contributed by atoms with Crippen LogP contribution in [-0.4, -0.2) is 78.7 Å². The number of aliphatic hydroxyl groups excluding tert-OH is 1. The van der Waals surface area contributed by atoms with Crippen molar-refractivity contribution in [2.75, 3.05) is 7.11 Å². The molecule has 0 spiro atoms. The Morgan fingerprint density at radius 1 is 0.838 bits per heavy atom. The van der Waals surface area contributed by atoms with Gasteiger partial charge in [-0.3, -0.25) is 0 Å². The molecule has 1 aliphatic carbocycles. The first kappa shape index (κ1) is 31.3. The number of aliphatic hydroxyl groups is 1. The summed E-state index contributed by atoms with van der Waals surface area (Å²) in [5.74, 6) is -2.33. The van der Waals surface area contributed by atoms with Gasteiger partial charge in [0.2, 0.25) is 0 Å². The molecule has 3 rings (SSSR count). The number of unbranched alkanes of at least 4 members (excludes halogenated alkanes) is 3. The quantitative estimate of drug-likeness (QED) is 0.212. The molecule has 0 aromatic heterocycles. The minimum atomic E-state index is -2.90. The topological polar surface area (TPSA) is 83.5 Å². The Labute approximate surface area is 228 Å². The first-order valence-electron chi connectivity index (χ1n) is 14.6. The number of esters is 1. The maximum atomic E-state index is 12.8. The van der Waals surface area contributed by atoms with Gasteiger partial charge in [-0.25, -0.2) is 0 Å². The van der Waals surface area contributed by atoms with Gasteiger partial charge in [0.05, 0.1) is 0 Å². The van der Waals surface area contributed by atoms with Crippen molar-refractivity contribution in [3.63, 3.8) is 0 Å². The third kappa shape index (κ3) is 7.51. The van der Waals surface area contributed by atoms with Crippen molar-refractivity contribution in [3.8, 4) is 0 Å². The maximum absolute atomic E-state index is 12.8. The van der Waals surface area contributed by atoms with Gasteiger partial charge in [0.15, 0.2) is 0 Å². The molecule has 0 amide bonds. The van der Waals surface area contributed by atoms with E-state index in [0.29, 0.717) is 0 Å². The molecule has 3 aliphatic rings. The Morgan fingerprint density at radius 2 is 1.27 bits per heavy atom. The van der Waals surface area contributed by atoms with E-state index in [1.54, 1.807) is 0 Å². The molecule has 2 aliphatic heterocycles. The van der Waals surface area contributed by atoms with Gasteiger partial charge in [-0.2, -0.15) is 0 Å². The summed E-state index contributed by atoms with van der Waals surface area (Å²) in [6.45, 7) is 14.4. The summed E-state index contributed by atoms with van der Waals surface area (Å²) in [4.78, 5) is 12.8. The summed E-state index contributed by atoms with van der Waals surface area (Å²) < 4.78 is 37.1. The van der Waals surface area contributed by atoms with Gasteiger partial charge in [-0.05, 0) is 0 Å². The molecule has 0 aromatic carbocycles. The summed E-state index contributed by atoms with van der Waals surface area (Å²) in [5, 5.41) is 12.0. The van der Waals surface area contributed by atoms with Crippen LogP contribution < -0.4 is 0 Å². The average molecular weight is 631 g/mol. The molecule has 37 heavy (non-hydrogen) atoms. The van der Waals surface area contributed by atoms with Gasteiger partial charge in [0.1, 0.15) is 0 Å². The van der Waals surface area contributed by atoms with Gasteiger partial charge in [0, 0.05) is 0 Å². The zero-order chi connectivity index (χ0) is 27.4. The van der Waals surface area contributed by atoms with E-state index < -0.39 is 60.5 Å². The van der Waals surface area contributed by atoms with Gasteiger partial charge in [-0.15, -0.1) is 0 Å². The number of methoxy groups -OCH3 is 1. The third-order valence-electron chi connectivity index (χ3n) is 8.30. The molecule has 214 valence electrons. The van der Waals surface area contributed by atoms with Crippen LogP contribution in [0.3, 0.4) is 0 Å². The van der Waals surface area contributed by atoms with E-state index in [-0.39, 0.29) is 18.3 Å². The van der Waals surface area contributed by atoms with E-state index in [2.05, 4.69) is 24.9 Å². The molecule has 0 bridgehead atoms. The van der Waals surface area contributed by atoms with Gasteiger partial charge in [0.25, 0.3) is 0 Å². The van der Waals surface area contributed by atoms with E-state index in [4.69, 9.17) is 23.7 Å². The second kappa shape index (κ2) is 13.0. The summed E-state index contributed by atoms with van der Waals surface area (Å²) in [6.07, 6.45) is 4.42. The second-order valence-electron chi connectivity index (χ2n) is 12.3. The van der Waals surface area contributed by atoms with Crippen LogP contribution in [0.25, 0.3) is 0 Å². The molecule has 1 N–H and O–H groups in total. The van der Waals surface area contributed by atoms with Crippen LogP contribution in [0.1, 0.15) is 93.4 Å². The van der Waals surface area contributed by atoms with Crippen molar-refractivity contribution >= 4 is 24.3 Å². The van der Waals surface area contributed by atoms with Crippen LogP contribution in [0.2, 0.25) is 13.3 Å². The van der Waals surface area contributed by atoms with Gasteiger partial charge >= 0.3 is 229 Å². The van der Waals surface area contributed by atoms with E-state index >= 15 is 0 Å². The second-order valence-corrected chi connectivity index (χ2v) is 25.2. The van der Waals surface area contributed by atoms with Crippen molar-refractivity contribution < 1.29 is 33.6 Å². The van der Waals surface area contributed by atoms with Crippen LogP contribution >= 0.6 is 0 Å². The number of carbonyl (C=O) groups is 1. The van der Waals surface area contributed by atoms with Crippen LogP contribution in [0.5, 0.6) is 0 Å². The van der Waals surface area contributed by atoms with E-state index in [1.807, 2.05) is 27.7 Å². The standard InChI is InChI=1S/C17H25O7.3C4H9.Sn/c1-8-9(7-10(18)20-6)12-14(23-16(2,3)21-12)15-13(11(8)19)22-17(4,5)24-15;3*1-3-4-2;/h1,9,11-15,19H,7H2,2-6H3;3*1,3-4H2,2H3;/t9-,11-,12+,13-,14-,15-;;;;/m1..../s1. The van der Waals surface area contributed by atoms with Crippen LogP contribution in [0.15, 0.2) is 9.67 Å². The monoisotopic (exact) mass is 632 g/mol. The number of carbonyl (C=O) groups excluding carboxylic acids is 1. The predicted octanol–water partition coefficient (Wildman–Crippen LogP) is 5.90. The number of ether oxygens (including phenoxy) is 5. The SMILES string of the molecule is CCC[CH2][Sn](/[CH]=C1\[C@@H](O)[C@H]2OC(C)(C)O[C@H]2[C@@H]2OC(C)(C)O[C@H]2[C@@H]1CC(=O)OC)([CH2]CCC)[CH2]CCC. The fourth-order valence-electron chi connectivity index (χ4n) is 6.52. The Hall–Kier alpha value is -0.191. The number of fused-ring (bicyclic) bond motifs is 3. The van der Waals surface area contributed by atoms with Crippen molar-refractivity contribution in [3.05, 3.63) is 9.67 Å². The van der Waals surface area contributed by atoms with Crippen molar-refractivity contribution in [2.45, 2.75) is 149 Å². The Kier molecular flexibility index (Phi) is 11.0. The van der Waals surface area contributed by atoms with Crippen molar-refractivity contribution in [1.82, 2.24) is 0 Å². The molecule has 1 saturated carbocycles. The number of rotatable bonds is 12. The van der Waals surface area contributed by atoms with E-state index in [1.165, 1.54) is 58.9 Å². The van der Waals surface area contributed by atoms with Crippen molar-refractivity contribution in [1.29, 1.82) is 0 Å². The molecule has 8 heteroatoms. The minimum absolute atomic E-state index is 0.139. The van der Waals surface area contributed by atoms with Crippen LogP contribution in [-0.2, 0) is 28.5 Å². The fourth-order valence-corrected chi connectivity index (χ4v) is 22.1. The van der Waals surface area contributed by atoms with Gasteiger partial charge in [-0.1, -0.05) is 0 Å². The molecule has 2 heterocycles.